The van der Waals surface area contributed by atoms with E-state index in [-0.39, 0.29) is 11.9 Å². The van der Waals surface area contributed by atoms with Crippen LogP contribution in [0.3, 0.4) is 0 Å². The van der Waals surface area contributed by atoms with Crippen LogP contribution in [-0.2, 0) is 11.2 Å². The average molecular weight is 422 g/mol. The van der Waals surface area contributed by atoms with Gasteiger partial charge in [0, 0.05) is 17.6 Å². The molecule has 0 spiro atoms. The molecular weight excluding hydrogens is 394 g/mol. The molecule has 1 amide bonds. The fourth-order valence-corrected chi connectivity index (χ4v) is 4.82. The third kappa shape index (κ3) is 5.07. The summed E-state index contributed by atoms with van der Waals surface area (Å²) in [4.78, 5) is 19.7. The Balaban J connectivity index is 1.41. The Morgan fingerprint density at radius 2 is 2.13 bits per heavy atom. The molecule has 30 heavy (non-hydrogen) atoms. The van der Waals surface area contributed by atoms with Crippen LogP contribution in [0.1, 0.15) is 35.0 Å². The Kier molecular flexibility index (Phi) is 6.77. The van der Waals surface area contributed by atoms with Crippen molar-refractivity contribution < 1.29 is 9.53 Å². The second-order valence-corrected chi connectivity index (χ2v) is 8.53. The summed E-state index contributed by atoms with van der Waals surface area (Å²) in [5.41, 5.74) is 2.30. The summed E-state index contributed by atoms with van der Waals surface area (Å²) in [6.07, 6.45) is 4.95. The van der Waals surface area contributed by atoms with Gasteiger partial charge in [-0.05, 0) is 49.1 Å². The van der Waals surface area contributed by atoms with Crippen molar-refractivity contribution in [2.75, 3.05) is 20.2 Å². The molecule has 1 aliphatic rings. The van der Waals surface area contributed by atoms with Gasteiger partial charge in [-0.25, -0.2) is 4.98 Å². The van der Waals surface area contributed by atoms with Gasteiger partial charge in [0.15, 0.2) is 0 Å². The van der Waals surface area contributed by atoms with Gasteiger partial charge in [0.1, 0.15) is 16.8 Å². The maximum absolute atomic E-state index is 13.0. The molecule has 2 atom stereocenters. The van der Waals surface area contributed by atoms with Crippen molar-refractivity contribution in [3.8, 4) is 5.75 Å². The topological polar surface area (TPSA) is 54.5 Å². The third-order valence-corrected chi connectivity index (χ3v) is 6.43. The molecule has 1 fully saturated rings. The molecule has 5 nitrogen and oxygen atoms in total. The molecule has 1 N–H and O–H groups in total. The quantitative estimate of drug-likeness (QED) is 0.596. The number of amides is 1. The van der Waals surface area contributed by atoms with Crippen molar-refractivity contribution in [2.24, 2.45) is 0 Å². The SMILES string of the molecule is COc1cccc(CC2CCCN2CC(=O)NC(c2ccccc2)c2nccs2)c1. The molecule has 2 aromatic carbocycles. The predicted octanol–water partition coefficient (Wildman–Crippen LogP) is 4.06. The Bertz CT molecular complexity index is 946. The predicted molar refractivity (Wildman–Crippen MR) is 120 cm³/mol. The molecule has 0 aliphatic carbocycles. The molecule has 6 heteroatoms. The van der Waals surface area contributed by atoms with E-state index in [0.717, 1.165) is 42.1 Å². The molecule has 1 saturated heterocycles. The van der Waals surface area contributed by atoms with E-state index >= 15 is 0 Å². The molecule has 0 saturated carbocycles. The van der Waals surface area contributed by atoms with E-state index in [1.54, 1.807) is 24.6 Å². The highest BCUT2D eigenvalue weighted by molar-refractivity contribution is 7.09. The summed E-state index contributed by atoms with van der Waals surface area (Å²) in [6, 6.07) is 18.4. The minimum absolute atomic E-state index is 0.0385. The lowest BCUT2D eigenvalue weighted by molar-refractivity contribution is -0.123. The van der Waals surface area contributed by atoms with E-state index in [0.29, 0.717) is 12.6 Å². The third-order valence-electron chi connectivity index (χ3n) is 5.59. The van der Waals surface area contributed by atoms with Crippen molar-refractivity contribution in [2.45, 2.75) is 31.3 Å². The number of carbonyl (C=O) groups is 1. The molecule has 2 heterocycles. The lowest BCUT2D eigenvalue weighted by Gasteiger charge is -2.25. The number of carbonyl (C=O) groups excluding carboxylic acids is 1. The normalized spacial score (nSPS) is 17.6. The monoisotopic (exact) mass is 421 g/mol. The van der Waals surface area contributed by atoms with Gasteiger partial charge in [-0.15, -0.1) is 11.3 Å². The first-order valence-corrected chi connectivity index (χ1v) is 11.2. The Morgan fingerprint density at radius 1 is 1.27 bits per heavy atom. The highest BCUT2D eigenvalue weighted by Crippen LogP contribution is 2.25. The summed E-state index contributed by atoms with van der Waals surface area (Å²) < 4.78 is 5.35. The number of rotatable bonds is 8. The number of aromatic nitrogens is 1. The first kappa shape index (κ1) is 20.6. The van der Waals surface area contributed by atoms with Crippen LogP contribution in [0.15, 0.2) is 66.2 Å². The molecule has 2 unspecified atom stereocenters. The van der Waals surface area contributed by atoms with Crippen molar-refractivity contribution in [3.05, 3.63) is 82.3 Å². The highest BCUT2D eigenvalue weighted by Gasteiger charge is 2.28. The number of methoxy groups -OCH3 is 1. The number of hydrogen-bond acceptors (Lipinski definition) is 5. The molecule has 1 aromatic heterocycles. The van der Waals surface area contributed by atoms with Crippen molar-refractivity contribution in [1.82, 2.24) is 15.2 Å². The lowest BCUT2D eigenvalue weighted by Crippen LogP contribution is -2.42. The maximum Gasteiger partial charge on any atom is 0.235 e. The standard InChI is InChI=1S/C24H27N3O2S/c1-29-21-11-5-7-18(16-21)15-20-10-6-13-27(20)17-22(28)26-23(24-25-12-14-30-24)19-8-3-2-4-9-19/h2-5,7-9,11-12,14,16,20,23H,6,10,13,15,17H2,1H3,(H,26,28). The lowest BCUT2D eigenvalue weighted by atomic mass is 10.0. The Morgan fingerprint density at radius 3 is 2.90 bits per heavy atom. The average Bonchev–Trinajstić information content (AvgIpc) is 3.45. The van der Waals surface area contributed by atoms with E-state index in [1.165, 1.54) is 5.56 Å². The highest BCUT2D eigenvalue weighted by atomic mass is 32.1. The molecular formula is C24H27N3O2S. The van der Waals surface area contributed by atoms with Gasteiger partial charge >= 0.3 is 0 Å². The first-order chi connectivity index (χ1) is 14.7. The van der Waals surface area contributed by atoms with Gasteiger partial charge in [-0.3, -0.25) is 9.69 Å². The Labute approximate surface area is 181 Å². The van der Waals surface area contributed by atoms with Crippen molar-refractivity contribution >= 4 is 17.2 Å². The zero-order valence-corrected chi connectivity index (χ0v) is 18.0. The number of benzene rings is 2. The van der Waals surface area contributed by atoms with E-state index in [2.05, 4.69) is 27.3 Å². The van der Waals surface area contributed by atoms with Crippen LogP contribution in [0, 0.1) is 0 Å². The molecule has 4 rings (SSSR count). The van der Waals surface area contributed by atoms with Gasteiger partial charge in [-0.1, -0.05) is 42.5 Å². The molecule has 0 radical (unpaired) electrons. The van der Waals surface area contributed by atoms with Gasteiger partial charge < -0.3 is 10.1 Å². The maximum atomic E-state index is 13.0. The largest absolute Gasteiger partial charge is 0.497 e. The van der Waals surface area contributed by atoms with Crippen LogP contribution in [0.2, 0.25) is 0 Å². The van der Waals surface area contributed by atoms with Crippen LogP contribution < -0.4 is 10.1 Å². The van der Waals surface area contributed by atoms with Crippen LogP contribution in [0.4, 0.5) is 0 Å². The number of thiazole rings is 1. The smallest absolute Gasteiger partial charge is 0.235 e. The van der Waals surface area contributed by atoms with Gasteiger partial charge in [0.2, 0.25) is 5.91 Å². The summed E-state index contributed by atoms with van der Waals surface area (Å²) in [6.45, 7) is 1.36. The molecule has 156 valence electrons. The number of hydrogen-bond donors (Lipinski definition) is 1. The van der Waals surface area contributed by atoms with Gasteiger partial charge in [0.25, 0.3) is 0 Å². The second kappa shape index (κ2) is 9.87. The van der Waals surface area contributed by atoms with E-state index in [1.807, 2.05) is 47.8 Å². The van der Waals surface area contributed by atoms with E-state index in [4.69, 9.17) is 4.74 Å². The van der Waals surface area contributed by atoms with E-state index in [9.17, 15) is 4.79 Å². The molecule has 0 bridgehead atoms. The van der Waals surface area contributed by atoms with Crippen molar-refractivity contribution in [3.63, 3.8) is 0 Å². The second-order valence-electron chi connectivity index (χ2n) is 7.60. The number of nitrogens with zero attached hydrogens (tertiary/aromatic N) is 2. The summed E-state index contributed by atoms with van der Waals surface area (Å²) >= 11 is 1.57. The fourth-order valence-electron chi connectivity index (χ4n) is 4.11. The summed E-state index contributed by atoms with van der Waals surface area (Å²) in [5.74, 6) is 0.917. The summed E-state index contributed by atoms with van der Waals surface area (Å²) in [7, 11) is 1.69. The zero-order valence-electron chi connectivity index (χ0n) is 17.2. The van der Waals surface area contributed by atoms with Crippen LogP contribution >= 0.6 is 11.3 Å². The van der Waals surface area contributed by atoms with Crippen molar-refractivity contribution in [1.29, 1.82) is 0 Å². The fraction of sp³-hybridized carbons (Fsp3) is 0.333. The first-order valence-electron chi connectivity index (χ1n) is 10.3. The number of nitrogens with one attached hydrogen (secondary N) is 1. The molecule has 3 aromatic rings. The van der Waals surface area contributed by atoms with Gasteiger partial charge in [0.05, 0.1) is 13.7 Å². The number of ether oxygens (including phenoxy) is 1. The van der Waals surface area contributed by atoms with Crippen LogP contribution in [-0.4, -0.2) is 42.0 Å². The minimum atomic E-state index is -0.210. The van der Waals surface area contributed by atoms with E-state index < -0.39 is 0 Å². The molecule has 1 aliphatic heterocycles. The van der Waals surface area contributed by atoms with Crippen LogP contribution in [0.25, 0.3) is 0 Å². The van der Waals surface area contributed by atoms with Crippen LogP contribution in [0.5, 0.6) is 5.75 Å². The zero-order chi connectivity index (χ0) is 20.8. The van der Waals surface area contributed by atoms with Gasteiger partial charge in [-0.2, -0.15) is 0 Å². The Hall–Kier alpha value is -2.70. The number of likely N-dealkylation sites (tertiary alicyclic amines) is 1. The minimum Gasteiger partial charge on any atom is -0.497 e. The summed E-state index contributed by atoms with van der Waals surface area (Å²) in [5, 5.41) is 6.07.